The first-order valence-corrected chi connectivity index (χ1v) is 10.4. The maximum Gasteiger partial charge on any atom is 0.191 e. The molecule has 1 fully saturated rings. The summed E-state index contributed by atoms with van der Waals surface area (Å²) >= 11 is 0. The van der Waals surface area contributed by atoms with Gasteiger partial charge in [-0.05, 0) is 49.2 Å². The number of halogens is 1. The van der Waals surface area contributed by atoms with Gasteiger partial charge in [0.25, 0.3) is 0 Å². The molecule has 1 saturated heterocycles. The summed E-state index contributed by atoms with van der Waals surface area (Å²) < 4.78 is 0. The van der Waals surface area contributed by atoms with Gasteiger partial charge in [-0.25, -0.2) is 0 Å². The molecule has 0 bridgehead atoms. The molecule has 5 nitrogen and oxygen atoms in total. The summed E-state index contributed by atoms with van der Waals surface area (Å²) in [5.41, 5.74) is 3.60. The number of guanidine groups is 1. The Morgan fingerprint density at radius 1 is 1.00 bits per heavy atom. The number of aromatic nitrogens is 1. The fraction of sp³-hybridized carbons (Fsp3) is 0.333. The first-order valence-electron chi connectivity index (χ1n) is 10.4. The highest BCUT2D eigenvalue weighted by Gasteiger charge is 2.23. The molecule has 30 heavy (non-hydrogen) atoms. The van der Waals surface area contributed by atoms with E-state index < -0.39 is 0 Å². The van der Waals surface area contributed by atoms with Gasteiger partial charge in [0.15, 0.2) is 5.96 Å². The van der Waals surface area contributed by atoms with Gasteiger partial charge in [0.2, 0.25) is 0 Å². The van der Waals surface area contributed by atoms with E-state index in [1.54, 1.807) is 0 Å². The smallest absolute Gasteiger partial charge is 0.191 e. The Morgan fingerprint density at radius 3 is 2.50 bits per heavy atom. The van der Waals surface area contributed by atoms with Crippen molar-refractivity contribution < 1.29 is 0 Å². The van der Waals surface area contributed by atoms with Crippen LogP contribution in [-0.2, 0) is 6.54 Å². The summed E-state index contributed by atoms with van der Waals surface area (Å²) in [6.07, 6.45) is 4.44. The molecular formula is C24H30IN5. The molecular weight excluding hydrogens is 485 g/mol. The molecule has 0 aliphatic carbocycles. The third-order valence-corrected chi connectivity index (χ3v) is 5.64. The van der Waals surface area contributed by atoms with Crippen molar-refractivity contribution in [2.24, 2.45) is 4.99 Å². The van der Waals surface area contributed by atoms with E-state index in [9.17, 15) is 0 Å². The lowest BCUT2D eigenvalue weighted by Gasteiger charge is -2.29. The minimum atomic E-state index is 0. The molecule has 3 aromatic rings. The zero-order chi connectivity index (χ0) is 19.9. The molecule has 2 aromatic carbocycles. The Hall–Kier alpha value is -2.19. The number of hydrogen-bond acceptors (Lipinski definition) is 3. The van der Waals surface area contributed by atoms with E-state index in [4.69, 9.17) is 0 Å². The number of para-hydroxylation sites is 1. The zero-order valence-electron chi connectivity index (χ0n) is 17.4. The van der Waals surface area contributed by atoms with Crippen molar-refractivity contribution >= 4 is 40.8 Å². The summed E-state index contributed by atoms with van der Waals surface area (Å²) in [4.78, 5) is 11.5. The lowest BCUT2D eigenvalue weighted by molar-refractivity contribution is 0.245. The minimum absolute atomic E-state index is 0. The second-order valence-corrected chi connectivity index (χ2v) is 7.46. The molecule has 158 valence electrons. The van der Waals surface area contributed by atoms with Crippen molar-refractivity contribution in [3.05, 3.63) is 78.0 Å². The van der Waals surface area contributed by atoms with Gasteiger partial charge in [-0.3, -0.25) is 14.9 Å². The van der Waals surface area contributed by atoms with Crippen molar-refractivity contribution in [2.75, 3.05) is 26.7 Å². The van der Waals surface area contributed by atoms with Crippen LogP contribution in [0.2, 0.25) is 0 Å². The molecule has 0 spiro atoms. The van der Waals surface area contributed by atoms with E-state index in [1.165, 1.54) is 29.4 Å². The molecule has 0 amide bonds. The summed E-state index contributed by atoms with van der Waals surface area (Å²) in [6, 6.07) is 21.5. The third kappa shape index (κ3) is 5.49. The SMILES string of the molecule is CN=C(NCc1ccnc2ccccc12)NCC(c1ccccc1)N1CCCC1.I. The van der Waals surface area contributed by atoms with Gasteiger partial charge < -0.3 is 10.6 Å². The number of likely N-dealkylation sites (tertiary alicyclic amines) is 1. The molecule has 1 aliphatic rings. The maximum atomic E-state index is 4.45. The Kier molecular flexibility index (Phi) is 8.45. The van der Waals surface area contributed by atoms with Crippen LogP contribution in [0.15, 0.2) is 71.9 Å². The van der Waals surface area contributed by atoms with E-state index in [-0.39, 0.29) is 24.0 Å². The van der Waals surface area contributed by atoms with Gasteiger partial charge >= 0.3 is 0 Å². The number of pyridine rings is 1. The number of fused-ring (bicyclic) bond motifs is 1. The number of aliphatic imine (C=N–C) groups is 1. The van der Waals surface area contributed by atoms with Crippen LogP contribution in [0.5, 0.6) is 0 Å². The molecule has 2 N–H and O–H groups in total. The van der Waals surface area contributed by atoms with Crippen LogP contribution in [0.25, 0.3) is 10.9 Å². The molecule has 2 heterocycles. The van der Waals surface area contributed by atoms with Gasteiger partial charge in [0.1, 0.15) is 0 Å². The van der Waals surface area contributed by atoms with E-state index in [0.29, 0.717) is 12.6 Å². The van der Waals surface area contributed by atoms with Gasteiger partial charge in [-0.15, -0.1) is 24.0 Å². The average molecular weight is 515 g/mol. The Morgan fingerprint density at radius 2 is 1.73 bits per heavy atom. The highest BCUT2D eigenvalue weighted by molar-refractivity contribution is 14.0. The monoisotopic (exact) mass is 515 g/mol. The minimum Gasteiger partial charge on any atom is -0.354 e. The summed E-state index contributed by atoms with van der Waals surface area (Å²) in [6.45, 7) is 3.87. The molecule has 4 rings (SSSR count). The van der Waals surface area contributed by atoms with E-state index in [2.05, 4.69) is 74.0 Å². The predicted molar refractivity (Wildman–Crippen MR) is 135 cm³/mol. The number of rotatable bonds is 6. The summed E-state index contributed by atoms with van der Waals surface area (Å²) in [7, 11) is 1.83. The van der Waals surface area contributed by atoms with Crippen LogP contribution in [-0.4, -0.2) is 42.5 Å². The van der Waals surface area contributed by atoms with Gasteiger partial charge in [0, 0.05) is 31.7 Å². The normalized spacial score (nSPS) is 15.6. The Balaban J connectivity index is 0.00000256. The van der Waals surface area contributed by atoms with Crippen LogP contribution < -0.4 is 10.6 Å². The van der Waals surface area contributed by atoms with Gasteiger partial charge in [0.05, 0.1) is 11.6 Å². The highest BCUT2D eigenvalue weighted by atomic mass is 127. The van der Waals surface area contributed by atoms with Crippen molar-refractivity contribution in [3.8, 4) is 0 Å². The standard InChI is InChI=1S/C24H29N5.HI/c1-25-24(27-17-20-13-14-26-22-12-6-5-11-21(20)22)28-18-23(29-15-7-8-16-29)19-9-3-2-4-10-19;/h2-6,9-14,23H,7-8,15-18H2,1H3,(H2,25,27,28);1H. The quantitative estimate of drug-likeness (QED) is 0.291. The topological polar surface area (TPSA) is 52.6 Å². The van der Waals surface area contributed by atoms with Crippen LogP contribution in [0.4, 0.5) is 0 Å². The first kappa shape index (κ1) is 22.5. The highest BCUT2D eigenvalue weighted by Crippen LogP contribution is 2.24. The Labute approximate surface area is 196 Å². The fourth-order valence-corrected chi connectivity index (χ4v) is 4.09. The lowest BCUT2D eigenvalue weighted by atomic mass is 10.1. The fourth-order valence-electron chi connectivity index (χ4n) is 4.09. The average Bonchev–Trinajstić information content (AvgIpc) is 3.31. The van der Waals surface area contributed by atoms with Crippen molar-refractivity contribution in [1.29, 1.82) is 0 Å². The van der Waals surface area contributed by atoms with Crippen LogP contribution >= 0.6 is 24.0 Å². The molecule has 0 saturated carbocycles. The number of hydrogen-bond donors (Lipinski definition) is 2. The van der Waals surface area contributed by atoms with Crippen molar-refractivity contribution in [1.82, 2.24) is 20.5 Å². The second kappa shape index (κ2) is 11.3. The Bertz CT molecular complexity index is 949. The number of nitrogens with zero attached hydrogens (tertiary/aromatic N) is 3. The maximum absolute atomic E-state index is 4.45. The van der Waals surface area contributed by atoms with Crippen LogP contribution in [0.1, 0.15) is 30.0 Å². The molecule has 1 aliphatic heterocycles. The second-order valence-electron chi connectivity index (χ2n) is 7.46. The van der Waals surface area contributed by atoms with Gasteiger partial charge in [-0.1, -0.05) is 48.5 Å². The van der Waals surface area contributed by atoms with E-state index in [0.717, 1.165) is 31.1 Å². The molecule has 0 radical (unpaired) electrons. The zero-order valence-corrected chi connectivity index (χ0v) is 19.8. The van der Waals surface area contributed by atoms with Gasteiger partial charge in [-0.2, -0.15) is 0 Å². The molecule has 6 heteroatoms. The number of nitrogens with one attached hydrogen (secondary N) is 2. The van der Waals surface area contributed by atoms with Crippen LogP contribution in [0, 0.1) is 0 Å². The molecule has 1 atom stereocenters. The van der Waals surface area contributed by atoms with E-state index >= 15 is 0 Å². The van der Waals surface area contributed by atoms with Crippen molar-refractivity contribution in [3.63, 3.8) is 0 Å². The molecule has 1 aromatic heterocycles. The van der Waals surface area contributed by atoms with E-state index in [1.807, 2.05) is 25.4 Å². The largest absolute Gasteiger partial charge is 0.354 e. The third-order valence-electron chi connectivity index (χ3n) is 5.64. The lowest BCUT2D eigenvalue weighted by Crippen LogP contribution is -2.42. The predicted octanol–water partition coefficient (Wildman–Crippen LogP) is 4.35. The molecule has 1 unspecified atom stereocenters. The first-order chi connectivity index (χ1) is 14.3. The number of benzene rings is 2. The summed E-state index contributed by atoms with van der Waals surface area (Å²) in [5, 5.41) is 8.19. The van der Waals surface area contributed by atoms with Crippen LogP contribution in [0.3, 0.4) is 0 Å². The van der Waals surface area contributed by atoms with Crippen molar-refractivity contribution in [2.45, 2.75) is 25.4 Å². The summed E-state index contributed by atoms with van der Waals surface area (Å²) in [5.74, 6) is 0.825.